The van der Waals surface area contributed by atoms with E-state index in [9.17, 15) is 0 Å². The van der Waals surface area contributed by atoms with Crippen LogP contribution in [0, 0.1) is 20.8 Å². The molecule has 0 spiro atoms. The molecule has 2 heterocycles. The molecule has 5 nitrogen and oxygen atoms in total. The van der Waals surface area contributed by atoms with Gasteiger partial charge in [0.05, 0.1) is 16.4 Å². The first-order valence-electron chi connectivity index (χ1n) is 6.87. The average Bonchev–Trinajstić information content (AvgIpc) is 2.91. The minimum atomic E-state index is 0.246. The molecule has 0 bridgehead atoms. The van der Waals surface area contributed by atoms with Gasteiger partial charge < -0.3 is 0 Å². The van der Waals surface area contributed by atoms with Crippen molar-refractivity contribution in [2.75, 3.05) is 0 Å². The molecule has 2 aromatic rings. The molecule has 1 atom stereocenters. The van der Waals surface area contributed by atoms with Crippen LogP contribution in [0.1, 0.15) is 34.1 Å². The number of nitrogens with one attached hydrogen (secondary N) is 1. The van der Waals surface area contributed by atoms with Gasteiger partial charge in [0.25, 0.3) is 0 Å². The summed E-state index contributed by atoms with van der Waals surface area (Å²) in [5.41, 5.74) is 7.72. The van der Waals surface area contributed by atoms with Crippen molar-refractivity contribution < 1.29 is 0 Å². The third kappa shape index (κ3) is 3.45. The van der Waals surface area contributed by atoms with Gasteiger partial charge in [-0.15, -0.1) is 11.3 Å². The zero-order valence-corrected chi connectivity index (χ0v) is 13.4. The number of nitrogens with zero attached hydrogens (tertiary/aromatic N) is 3. The Morgan fingerprint density at radius 2 is 2.15 bits per heavy atom. The molecule has 3 N–H and O–H groups in total. The molecule has 0 aliphatic carbocycles. The Labute approximate surface area is 124 Å². The minimum absolute atomic E-state index is 0.246. The van der Waals surface area contributed by atoms with Crippen LogP contribution in [0.2, 0.25) is 0 Å². The van der Waals surface area contributed by atoms with Gasteiger partial charge in [0.1, 0.15) is 0 Å². The van der Waals surface area contributed by atoms with Crippen LogP contribution < -0.4 is 11.3 Å². The Morgan fingerprint density at radius 3 is 2.65 bits per heavy atom. The summed E-state index contributed by atoms with van der Waals surface area (Å²) in [5, 5.41) is 7.67. The van der Waals surface area contributed by atoms with Gasteiger partial charge in [0.2, 0.25) is 0 Å². The molecule has 0 fully saturated rings. The molecule has 2 aromatic heterocycles. The summed E-state index contributed by atoms with van der Waals surface area (Å²) in [4.78, 5) is 4.50. The quantitative estimate of drug-likeness (QED) is 0.629. The standard InChI is InChI=1S/C14H23N5S/c1-9-14(10(2)19(4)18-9)6-5-12(17-15)7-13-8-20-11(3)16-13/h8,12,17H,5-7,15H2,1-4H3. The summed E-state index contributed by atoms with van der Waals surface area (Å²) in [5.74, 6) is 5.68. The van der Waals surface area contributed by atoms with E-state index in [2.05, 4.69) is 34.7 Å². The summed E-state index contributed by atoms with van der Waals surface area (Å²) >= 11 is 1.69. The lowest BCUT2D eigenvalue weighted by Crippen LogP contribution is -2.37. The first-order chi connectivity index (χ1) is 9.51. The fraction of sp³-hybridized carbons (Fsp3) is 0.571. The van der Waals surface area contributed by atoms with Crippen LogP contribution in [0.3, 0.4) is 0 Å². The van der Waals surface area contributed by atoms with Crippen molar-refractivity contribution in [2.24, 2.45) is 12.9 Å². The maximum absolute atomic E-state index is 5.68. The molecular formula is C14H23N5S. The lowest BCUT2D eigenvalue weighted by molar-refractivity contribution is 0.487. The molecule has 0 radical (unpaired) electrons. The Bertz CT molecular complexity index is 572. The van der Waals surface area contributed by atoms with Crippen molar-refractivity contribution in [3.8, 4) is 0 Å². The number of aromatic nitrogens is 3. The van der Waals surface area contributed by atoms with E-state index in [1.165, 1.54) is 11.3 Å². The molecule has 0 aliphatic rings. The highest BCUT2D eigenvalue weighted by atomic mass is 32.1. The largest absolute Gasteiger partial charge is 0.272 e. The molecule has 0 amide bonds. The highest BCUT2D eigenvalue weighted by Crippen LogP contribution is 2.17. The first-order valence-corrected chi connectivity index (χ1v) is 7.75. The second-order valence-corrected chi connectivity index (χ2v) is 6.30. The number of hydrazine groups is 1. The molecule has 20 heavy (non-hydrogen) atoms. The lowest BCUT2D eigenvalue weighted by Gasteiger charge is -2.14. The second-order valence-electron chi connectivity index (χ2n) is 5.24. The maximum atomic E-state index is 5.68. The van der Waals surface area contributed by atoms with Crippen LogP contribution in [0.25, 0.3) is 0 Å². The topological polar surface area (TPSA) is 68.8 Å². The Morgan fingerprint density at radius 1 is 1.40 bits per heavy atom. The second kappa shape index (κ2) is 6.47. The van der Waals surface area contributed by atoms with Crippen LogP contribution in [0.5, 0.6) is 0 Å². The zero-order chi connectivity index (χ0) is 14.7. The summed E-state index contributed by atoms with van der Waals surface area (Å²) in [6.45, 7) is 6.21. The van der Waals surface area contributed by atoms with Gasteiger partial charge in [0.15, 0.2) is 0 Å². The van der Waals surface area contributed by atoms with Gasteiger partial charge in [-0.3, -0.25) is 16.0 Å². The first kappa shape index (κ1) is 15.2. The monoisotopic (exact) mass is 293 g/mol. The molecule has 0 saturated carbocycles. The summed E-state index contributed by atoms with van der Waals surface area (Å²) in [7, 11) is 1.99. The van der Waals surface area contributed by atoms with Crippen LogP contribution in [-0.4, -0.2) is 20.8 Å². The number of hydrogen-bond acceptors (Lipinski definition) is 5. The van der Waals surface area contributed by atoms with Crippen LogP contribution >= 0.6 is 11.3 Å². The third-order valence-electron chi connectivity index (χ3n) is 3.76. The molecule has 110 valence electrons. The predicted molar refractivity (Wildman–Crippen MR) is 82.7 cm³/mol. The number of thiazole rings is 1. The van der Waals surface area contributed by atoms with E-state index in [-0.39, 0.29) is 6.04 Å². The fourth-order valence-electron chi connectivity index (χ4n) is 2.50. The Hall–Kier alpha value is -1.24. The van der Waals surface area contributed by atoms with Crippen molar-refractivity contribution in [2.45, 2.75) is 46.1 Å². The summed E-state index contributed by atoms with van der Waals surface area (Å²) < 4.78 is 1.94. The average molecular weight is 293 g/mol. The van der Waals surface area contributed by atoms with E-state index in [1.54, 1.807) is 11.3 Å². The van der Waals surface area contributed by atoms with E-state index < -0.39 is 0 Å². The Kier molecular flexibility index (Phi) is 4.91. The molecule has 0 saturated heterocycles. The van der Waals surface area contributed by atoms with Gasteiger partial charge in [-0.05, 0) is 39.2 Å². The highest BCUT2D eigenvalue weighted by Gasteiger charge is 2.14. The van der Waals surface area contributed by atoms with Gasteiger partial charge in [-0.2, -0.15) is 5.10 Å². The van der Waals surface area contributed by atoms with Crippen molar-refractivity contribution in [1.29, 1.82) is 0 Å². The maximum Gasteiger partial charge on any atom is 0.0897 e. The predicted octanol–water partition coefficient (Wildman–Crippen LogP) is 1.81. The van der Waals surface area contributed by atoms with E-state index in [1.807, 2.05) is 18.7 Å². The molecule has 1 unspecified atom stereocenters. The van der Waals surface area contributed by atoms with Crippen LogP contribution in [0.4, 0.5) is 0 Å². The van der Waals surface area contributed by atoms with Crippen molar-refractivity contribution in [3.63, 3.8) is 0 Å². The SMILES string of the molecule is Cc1nc(CC(CCc2c(C)nn(C)c2C)NN)cs1. The summed E-state index contributed by atoms with van der Waals surface area (Å²) in [6, 6.07) is 0.246. The van der Waals surface area contributed by atoms with Gasteiger partial charge >= 0.3 is 0 Å². The number of rotatable bonds is 6. The van der Waals surface area contributed by atoms with E-state index >= 15 is 0 Å². The minimum Gasteiger partial charge on any atom is -0.272 e. The highest BCUT2D eigenvalue weighted by molar-refractivity contribution is 7.09. The van der Waals surface area contributed by atoms with E-state index in [0.29, 0.717) is 0 Å². The van der Waals surface area contributed by atoms with Gasteiger partial charge in [-0.25, -0.2) is 4.98 Å². The number of hydrogen-bond donors (Lipinski definition) is 2. The zero-order valence-electron chi connectivity index (χ0n) is 12.6. The molecule has 0 aromatic carbocycles. The molecule has 6 heteroatoms. The van der Waals surface area contributed by atoms with Crippen molar-refractivity contribution >= 4 is 11.3 Å². The number of nitrogens with two attached hydrogens (primary N) is 1. The number of aryl methyl sites for hydroxylation is 3. The Balaban J connectivity index is 1.97. The fourth-order valence-corrected chi connectivity index (χ4v) is 3.12. The van der Waals surface area contributed by atoms with Crippen LogP contribution in [0.15, 0.2) is 5.38 Å². The van der Waals surface area contributed by atoms with E-state index in [4.69, 9.17) is 5.84 Å². The van der Waals surface area contributed by atoms with Crippen molar-refractivity contribution in [3.05, 3.63) is 33.0 Å². The van der Waals surface area contributed by atoms with Gasteiger partial charge in [0, 0.05) is 30.6 Å². The molecular weight excluding hydrogens is 270 g/mol. The third-order valence-corrected chi connectivity index (χ3v) is 4.58. The van der Waals surface area contributed by atoms with E-state index in [0.717, 1.165) is 35.7 Å². The molecule has 2 rings (SSSR count). The van der Waals surface area contributed by atoms with Crippen LogP contribution in [-0.2, 0) is 19.9 Å². The van der Waals surface area contributed by atoms with Crippen molar-refractivity contribution in [1.82, 2.24) is 20.2 Å². The normalized spacial score (nSPS) is 12.8. The smallest absolute Gasteiger partial charge is 0.0897 e. The lowest BCUT2D eigenvalue weighted by atomic mass is 10.0. The molecule has 0 aliphatic heterocycles. The summed E-state index contributed by atoms with van der Waals surface area (Å²) in [6.07, 6.45) is 2.85. The van der Waals surface area contributed by atoms with Gasteiger partial charge in [-0.1, -0.05) is 0 Å².